The van der Waals surface area contributed by atoms with E-state index in [9.17, 15) is 8.42 Å². The van der Waals surface area contributed by atoms with Gasteiger partial charge in [-0.25, -0.2) is 23.1 Å². The van der Waals surface area contributed by atoms with Crippen molar-refractivity contribution in [2.24, 2.45) is 0 Å². The van der Waals surface area contributed by atoms with Crippen LogP contribution in [0.3, 0.4) is 0 Å². The van der Waals surface area contributed by atoms with Crippen molar-refractivity contribution in [3.05, 3.63) is 93.2 Å². The Morgan fingerprint density at radius 3 is 2.32 bits per heavy atom. The van der Waals surface area contributed by atoms with Gasteiger partial charge >= 0.3 is 0 Å². The molecule has 0 aliphatic heterocycles. The lowest BCUT2D eigenvalue weighted by Gasteiger charge is -2.10. The minimum atomic E-state index is -3.88. The molecule has 13 heteroatoms. The average Bonchev–Trinajstić information content (AvgIpc) is 3.43. The van der Waals surface area contributed by atoms with E-state index in [0.29, 0.717) is 34.2 Å². The van der Waals surface area contributed by atoms with Crippen molar-refractivity contribution in [1.82, 2.24) is 34.5 Å². The molecule has 3 aromatic heterocycles. The zero-order chi connectivity index (χ0) is 26.2. The molecule has 0 bridgehead atoms. The van der Waals surface area contributed by atoms with Gasteiger partial charge in [-0.05, 0) is 77.9 Å². The Bertz CT molecular complexity index is 1720. The number of anilines is 1. The van der Waals surface area contributed by atoms with Gasteiger partial charge in [-0.3, -0.25) is 14.3 Å². The molecule has 0 saturated carbocycles. The molecule has 0 atom stereocenters. The number of aromatic nitrogens is 7. The smallest absolute Gasteiger partial charge is 0.264 e. The summed E-state index contributed by atoms with van der Waals surface area (Å²) in [6.45, 7) is 4.19. The first-order chi connectivity index (χ1) is 17.7. The highest BCUT2D eigenvalue weighted by atomic mass is 79.9. The molecule has 2 N–H and O–H groups in total. The normalized spacial score (nSPS) is 11.5. The van der Waals surface area contributed by atoms with Crippen molar-refractivity contribution < 1.29 is 8.42 Å². The van der Waals surface area contributed by atoms with Crippen LogP contribution in [-0.2, 0) is 16.6 Å². The molecule has 5 aromatic rings. The summed E-state index contributed by atoms with van der Waals surface area (Å²) in [4.78, 5) is 8.38. The molecule has 0 saturated heterocycles. The number of benzene rings is 2. The number of rotatable bonds is 7. The Morgan fingerprint density at radius 1 is 1.03 bits per heavy atom. The fraction of sp³-hybridized carbons (Fsp3) is 0.125. The molecule has 3 heterocycles. The fourth-order valence-corrected chi connectivity index (χ4v) is 5.34. The van der Waals surface area contributed by atoms with Gasteiger partial charge in [-0.1, -0.05) is 24.3 Å². The van der Waals surface area contributed by atoms with Crippen LogP contribution in [0.25, 0.3) is 17.1 Å². The van der Waals surface area contributed by atoms with Crippen molar-refractivity contribution in [2.45, 2.75) is 25.3 Å². The molecule has 0 fully saturated rings. The minimum absolute atomic E-state index is 0.0320. The van der Waals surface area contributed by atoms with Crippen LogP contribution in [0.5, 0.6) is 0 Å². The van der Waals surface area contributed by atoms with E-state index in [0.717, 1.165) is 15.6 Å². The quantitative estimate of drug-likeness (QED) is 0.258. The van der Waals surface area contributed by atoms with Gasteiger partial charge < -0.3 is 0 Å². The third-order valence-corrected chi connectivity index (χ3v) is 7.47. The molecule has 5 rings (SSSR count). The number of H-pyrrole nitrogens is 1. The maximum atomic E-state index is 12.9. The first-order valence-corrected chi connectivity index (χ1v) is 13.8. The van der Waals surface area contributed by atoms with Crippen LogP contribution >= 0.6 is 28.1 Å². The monoisotopic (exact) mass is 596 g/mol. The second-order valence-corrected chi connectivity index (χ2v) is 11.3. The summed E-state index contributed by atoms with van der Waals surface area (Å²) >= 11 is 8.87. The molecular formula is C24H21BrN8O2S2. The Kier molecular flexibility index (Phi) is 6.75. The van der Waals surface area contributed by atoms with E-state index in [-0.39, 0.29) is 10.8 Å². The summed E-state index contributed by atoms with van der Waals surface area (Å²) < 4.78 is 33.1. The number of hydrogen-bond acceptors (Lipinski definition) is 7. The van der Waals surface area contributed by atoms with Crippen LogP contribution in [0.2, 0.25) is 0 Å². The third kappa shape index (κ3) is 5.53. The third-order valence-electron chi connectivity index (χ3n) is 5.44. The molecule has 2 aromatic carbocycles. The maximum absolute atomic E-state index is 12.9. The molecule has 0 amide bonds. The first kappa shape index (κ1) is 25.0. The van der Waals surface area contributed by atoms with Crippen LogP contribution in [-0.4, -0.2) is 42.9 Å². The van der Waals surface area contributed by atoms with Crippen molar-refractivity contribution in [2.75, 3.05) is 4.72 Å². The zero-order valence-electron chi connectivity index (χ0n) is 19.8. The van der Waals surface area contributed by atoms with Crippen molar-refractivity contribution in [3.8, 4) is 17.1 Å². The number of nitrogens with one attached hydrogen (secondary N) is 2. The predicted octanol–water partition coefficient (Wildman–Crippen LogP) is 4.81. The van der Waals surface area contributed by atoms with Crippen molar-refractivity contribution in [3.63, 3.8) is 0 Å². The Balaban J connectivity index is 1.39. The summed E-state index contributed by atoms with van der Waals surface area (Å²) in [5, 5.41) is 11.5. The van der Waals surface area contributed by atoms with E-state index in [1.165, 1.54) is 12.1 Å². The summed E-state index contributed by atoms with van der Waals surface area (Å²) in [5.74, 6) is 0.639. The van der Waals surface area contributed by atoms with Crippen LogP contribution in [0.15, 0.2) is 76.4 Å². The van der Waals surface area contributed by atoms with Gasteiger partial charge in [0, 0.05) is 23.1 Å². The Hall–Kier alpha value is -3.68. The molecule has 0 spiro atoms. The topological polar surface area (TPSA) is 123 Å². The van der Waals surface area contributed by atoms with E-state index in [2.05, 4.69) is 45.9 Å². The van der Waals surface area contributed by atoms with E-state index in [1.54, 1.807) is 42.8 Å². The molecule has 0 radical (unpaired) electrons. The zero-order valence-corrected chi connectivity index (χ0v) is 23.0. The van der Waals surface area contributed by atoms with Crippen LogP contribution < -0.4 is 4.72 Å². The van der Waals surface area contributed by atoms with E-state index < -0.39 is 10.0 Å². The lowest BCUT2D eigenvalue weighted by molar-refractivity contribution is 0.600. The second kappa shape index (κ2) is 10.00. The number of halogens is 1. The maximum Gasteiger partial charge on any atom is 0.264 e. The fourth-order valence-electron chi connectivity index (χ4n) is 3.83. The highest BCUT2D eigenvalue weighted by Gasteiger charge is 2.17. The van der Waals surface area contributed by atoms with E-state index in [4.69, 9.17) is 12.2 Å². The summed E-state index contributed by atoms with van der Waals surface area (Å²) in [6, 6.07) is 16.1. The van der Waals surface area contributed by atoms with Crippen molar-refractivity contribution in [1.29, 1.82) is 0 Å². The van der Waals surface area contributed by atoms with Gasteiger partial charge in [0.2, 0.25) is 5.95 Å². The number of nitrogens with zero attached hydrogens (tertiary/aromatic N) is 6. The minimum Gasteiger partial charge on any atom is -0.268 e. The highest BCUT2D eigenvalue weighted by molar-refractivity contribution is 9.10. The highest BCUT2D eigenvalue weighted by Crippen LogP contribution is 2.24. The summed E-state index contributed by atoms with van der Waals surface area (Å²) in [5.41, 5.74) is 3.94. The number of aryl methyl sites for hydroxylation is 2. The molecule has 10 nitrogen and oxygen atoms in total. The van der Waals surface area contributed by atoms with Crippen molar-refractivity contribution >= 4 is 44.1 Å². The summed E-state index contributed by atoms with van der Waals surface area (Å²) in [7, 11) is -3.88. The van der Waals surface area contributed by atoms with Gasteiger partial charge in [0.05, 0.1) is 27.8 Å². The molecule has 37 heavy (non-hydrogen) atoms. The molecule has 0 aliphatic rings. The lowest BCUT2D eigenvalue weighted by atomic mass is 10.1. The number of hydrogen-bond donors (Lipinski definition) is 2. The lowest BCUT2D eigenvalue weighted by Crippen LogP contribution is -2.15. The molecule has 188 valence electrons. The van der Waals surface area contributed by atoms with Crippen LogP contribution in [0.1, 0.15) is 17.0 Å². The Labute approximate surface area is 226 Å². The number of aromatic amines is 1. The molecular weight excluding hydrogens is 576 g/mol. The first-order valence-electron chi connectivity index (χ1n) is 11.1. The molecule has 0 unspecified atom stereocenters. The standard InChI is InChI=1S/C24H21BrN8O2S2/c1-15-11-16(2)28-23(27-15)31-37(34,35)21-9-7-20(8-10-21)33-22(29-30-24(33)36)18-5-3-17(4-6-18)13-32-14-19(25)12-26-32/h3-12,14H,13H2,1-2H3,(H,30,36)(H,27,28,31). The number of sulfonamides is 1. The Morgan fingerprint density at radius 2 is 1.70 bits per heavy atom. The van der Waals surface area contributed by atoms with Gasteiger partial charge in [-0.2, -0.15) is 10.2 Å². The van der Waals surface area contributed by atoms with Crippen LogP contribution in [0, 0.1) is 18.6 Å². The predicted molar refractivity (Wildman–Crippen MR) is 146 cm³/mol. The largest absolute Gasteiger partial charge is 0.268 e. The second-order valence-electron chi connectivity index (χ2n) is 8.31. The summed E-state index contributed by atoms with van der Waals surface area (Å²) in [6.07, 6.45) is 3.66. The average molecular weight is 598 g/mol. The van der Waals surface area contributed by atoms with Crippen LogP contribution in [0.4, 0.5) is 5.95 Å². The SMILES string of the molecule is Cc1cc(C)nc(NS(=O)(=O)c2ccc(-n3c(-c4ccc(Cn5cc(Br)cn5)cc4)n[nH]c3=S)cc2)n1. The van der Waals surface area contributed by atoms with E-state index in [1.807, 2.05) is 35.1 Å². The van der Waals surface area contributed by atoms with Gasteiger partial charge in [-0.15, -0.1) is 0 Å². The van der Waals surface area contributed by atoms with Gasteiger partial charge in [0.1, 0.15) is 0 Å². The molecule has 0 aliphatic carbocycles. The van der Waals surface area contributed by atoms with Gasteiger partial charge in [0.25, 0.3) is 10.0 Å². The van der Waals surface area contributed by atoms with Gasteiger partial charge in [0.15, 0.2) is 10.6 Å². The van der Waals surface area contributed by atoms with E-state index >= 15 is 0 Å².